The molecule has 94 valence electrons. The predicted molar refractivity (Wildman–Crippen MR) is 65.6 cm³/mol. The summed E-state index contributed by atoms with van der Waals surface area (Å²) in [6.45, 7) is 8.20. The van der Waals surface area contributed by atoms with Crippen LogP contribution in [0.3, 0.4) is 0 Å². The van der Waals surface area contributed by atoms with Crippen molar-refractivity contribution < 1.29 is 8.42 Å². The van der Waals surface area contributed by atoms with E-state index in [-0.39, 0.29) is 5.41 Å². The van der Waals surface area contributed by atoms with Gasteiger partial charge in [-0.3, -0.25) is 0 Å². The summed E-state index contributed by atoms with van der Waals surface area (Å²) in [6.07, 6.45) is 5.02. The van der Waals surface area contributed by atoms with Crippen molar-refractivity contribution in [1.29, 1.82) is 0 Å². The molecule has 0 N–H and O–H groups in total. The van der Waals surface area contributed by atoms with Gasteiger partial charge in [0, 0.05) is 13.1 Å². The highest BCUT2D eigenvalue weighted by atomic mass is 32.2. The molecule has 2 aliphatic rings. The van der Waals surface area contributed by atoms with Gasteiger partial charge in [-0.15, -0.1) is 0 Å². The van der Waals surface area contributed by atoms with Crippen LogP contribution in [-0.2, 0) is 10.0 Å². The van der Waals surface area contributed by atoms with Crippen LogP contribution >= 0.6 is 0 Å². The van der Waals surface area contributed by atoms with E-state index < -0.39 is 10.0 Å². The Kier molecular flexibility index (Phi) is 2.67. The quantitative estimate of drug-likeness (QED) is 0.709. The van der Waals surface area contributed by atoms with E-state index in [1.807, 2.05) is 0 Å². The van der Waals surface area contributed by atoms with Gasteiger partial charge in [0.2, 0.25) is 10.0 Å². The first-order chi connectivity index (χ1) is 7.15. The van der Waals surface area contributed by atoms with Gasteiger partial charge in [0.25, 0.3) is 0 Å². The maximum absolute atomic E-state index is 11.7. The van der Waals surface area contributed by atoms with Crippen molar-refractivity contribution >= 4 is 10.0 Å². The van der Waals surface area contributed by atoms with Crippen LogP contribution in [0.4, 0.5) is 0 Å². The second kappa shape index (κ2) is 3.45. The van der Waals surface area contributed by atoms with Gasteiger partial charge >= 0.3 is 0 Å². The molecule has 2 rings (SSSR count). The number of hydrogen-bond donors (Lipinski definition) is 0. The molecular weight excluding hydrogens is 222 g/mol. The third-order valence-corrected chi connectivity index (χ3v) is 5.70. The third-order valence-electron chi connectivity index (χ3n) is 4.48. The fourth-order valence-corrected chi connectivity index (χ4v) is 4.42. The molecular formula is C12H23NO2S. The molecule has 1 saturated heterocycles. The van der Waals surface area contributed by atoms with Gasteiger partial charge < -0.3 is 0 Å². The van der Waals surface area contributed by atoms with Crippen molar-refractivity contribution in [2.24, 2.45) is 16.7 Å². The molecule has 0 aromatic heterocycles. The van der Waals surface area contributed by atoms with E-state index in [1.54, 1.807) is 4.31 Å². The van der Waals surface area contributed by atoms with E-state index in [9.17, 15) is 8.42 Å². The summed E-state index contributed by atoms with van der Waals surface area (Å²) in [5.41, 5.74) is 0.501. The summed E-state index contributed by atoms with van der Waals surface area (Å²) in [6, 6.07) is 0. The molecule has 1 unspecified atom stereocenters. The Morgan fingerprint density at radius 2 is 1.81 bits per heavy atom. The molecule has 1 heterocycles. The van der Waals surface area contributed by atoms with E-state index in [2.05, 4.69) is 20.8 Å². The summed E-state index contributed by atoms with van der Waals surface area (Å²) in [7, 11) is -3.01. The van der Waals surface area contributed by atoms with Crippen LogP contribution in [-0.4, -0.2) is 32.1 Å². The van der Waals surface area contributed by atoms with Gasteiger partial charge in [-0.25, -0.2) is 12.7 Å². The minimum atomic E-state index is -3.01. The zero-order valence-corrected chi connectivity index (χ0v) is 11.6. The van der Waals surface area contributed by atoms with Crippen molar-refractivity contribution in [3.63, 3.8) is 0 Å². The van der Waals surface area contributed by atoms with E-state index in [0.717, 1.165) is 13.1 Å². The largest absolute Gasteiger partial charge is 0.213 e. The monoisotopic (exact) mass is 245 g/mol. The zero-order chi connectivity index (χ0) is 12.2. The lowest BCUT2D eigenvalue weighted by molar-refractivity contribution is 0.0296. The molecule has 1 aliphatic carbocycles. The van der Waals surface area contributed by atoms with Crippen molar-refractivity contribution in [1.82, 2.24) is 4.31 Å². The van der Waals surface area contributed by atoms with E-state index >= 15 is 0 Å². The highest BCUT2D eigenvalue weighted by Gasteiger charge is 2.55. The predicted octanol–water partition coefficient (Wildman–Crippen LogP) is 2.09. The first-order valence-corrected chi connectivity index (χ1v) is 7.95. The number of hydrogen-bond acceptors (Lipinski definition) is 2. The van der Waals surface area contributed by atoms with Crippen molar-refractivity contribution in [2.75, 3.05) is 19.3 Å². The second-order valence-electron chi connectivity index (χ2n) is 6.69. The molecule has 0 radical (unpaired) electrons. The van der Waals surface area contributed by atoms with Crippen LogP contribution in [0.25, 0.3) is 0 Å². The van der Waals surface area contributed by atoms with Crippen LogP contribution in [0.2, 0.25) is 0 Å². The van der Waals surface area contributed by atoms with Crippen LogP contribution in [0.15, 0.2) is 0 Å². The molecule has 0 bridgehead atoms. The van der Waals surface area contributed by atoms with Crippen LogP contribution in [0.1, 0.15) is 40.0 Å². The van der Waals surface area contributed by atoms with E-state index in [0.29, 0.717) is 11.3 Å². The molecule has 0 aromatic carbocycles. The molecule has 0 aromatic rings. The summed E-state index contributed by atoms with van der Waals surface area (Å²) in [5.74, 6) is 0.517. The van der Waals surface area contributed by atoms with Crippen molar-refractivity contribution in [3.8, 4) is 0 Å². The molecule has 1 saturated carbocycles. The standard InChI is InChI=1S/C12H23NO2S/c1-11(2,3)10-8-13(16(4,14)15)9-12(10)6-5-7-12/h10H,5-9H2,1-4H3. The number of nitrogens with zero attached hydrogens (tertiary/aromatic N) is 1. The number of sulfonamides is 1. The summed E-state index contributed by atoms with van der Waals surface area (Å²) in [4.78, 5) is 0. The molecule has 2 fully saturated rings. The average molecular weight is 245 g/mol. The zero-order valence-electron chi connectivity index (χ0n) is 10.8. The van der Waals surface area contributed by atoms with E-state index in [1.165, 1.54) is 25.5 Å². The first-order valence-electron chi connectivity index (χ1n) is 6.10. The van der Waals surface area contributed by atoms with Crippen molar-refractivity contribution in [2.45, 2.75) is 40.0 Å². The first kappa shape index (κ1) is 12.4. The fraction of sp³-hybridized carbons (Fsp3) is 1.00. The highest BCUT2D eigenvalue weighted by Crippen LogP contribution is 2.57. The molecule has 1 atom stereocenters. The van der Waals surface area contributed by atoms with Gasteiger partial charge in [0.05, 0.1) is 6.26 Å². The van der Waals surface area contributed by atoms with Crippen LogP contribution in [0, 0.1) is 16.7 Å². The normalized spacial score (nSPS) is 30.6. The molecule has 0 amide bonds. The molecule has 16 heavy (non-hydrogen) atoms. The highest BCUT2D eigenvalue weighted by molar-refractivity contribution is 7.88. The van der Waals surface area contributed by atoms with Gasteiger partial charge in [0.15, 0.2) is 0 Å². The Labute approximate surface area is 99.3 Å². The average Bonchev–Trinajstić information content (AvgIpc) is 2.39. The Bertz CT molecular complexity index is 376. The maximum Gasteiger partial charge on any atom is 0.211 e. The lowest BCUT2D eigenvalue weighted by Gasteiger charge is -2.48. The maximum atomic E-state index is 11.7. The van der Waals surface area contributed by atoms with Gasteiger partial charge in [0.1, 0.15) is 0 Å². The lowest BCUT2D eigenvalue weighted by Crippen LogP contribution is -2.42. The molecule has 4 heteroatoms. The van der Waals surface area contributed by atoms with Gasteiger partial charge in [-0.05, 0) is 29.6 Å². The Morgan fingerprint density at radius 3 is 2.06 bits per heavy atom. The smallest absolute Gasteiger partial charge is 0.211 e. The minimum absolute atomic E-state index is 0.208. The Morgan fingerprint density at radius 1 is 1.25 bits per heavy atom. The van der Waals surface area contributed by atoms with Gasteiger partial charge in [-0.1, -0.05) is 27.2 Å². The Hall–Kier alpha value is -0.0900. The number of rotatable bonds is 1. The summed E-state index contributed by atoms with van der Waals surface area (Å²) in [5, 5.41) is 0. The SMILES string of the molecule is CC(C)(C)C1CN(S(C)(=O)=O)CC12CCC2. The molecule has 3 nitrogen and oxygen atoms in total. The topological polar surface area (TPSA) is 37.4 Å². The fourth-order valence-electron chi connectivity index (χ4n) is 3.51. The van der Waals surface area contributed by atoms with E-state index in [4.69, 9.17) is 0 Å². The molecule has 1 spiro atoms. The minimum Gasteiger partial charge on any atom is -0.213 e. The molecule has 1 aliphatic heterocycles. The summed E-state index contributed by atoms with van der Waals surface area (Å²) >= 11 is 0. The Balaban J connectivity index is 2.26. The second-order valence-corrected chi connectivity index (χ2v) is 8.67. The van der Waals surface area contributed by atoms with Crippen molar-refractivity contribution in [3.05, 3.63) is 0 Å². The lowest BCUT2D eigenvalue weighted by atomic mass is 9.56. The summed E-state index contributed by atoms with van der Waals surface area (Å²) < 4.78 is 25.0. The van der Waals surface area contributed by atoms with Crippen LogP contribution < -0.4 is 0 Å². The third kappa shape index (κ3) is 1.90. The van der Waals surface area contributed by atoms with Gasteiger partial charge in [-0.2, -0.15) is 0 Å². The van der Waals surface area contributed by atoms with Crippen LogP contribution in [0.5, 0.6) is 0 Å².